The first-order chi connectivity index (χ1) is 14.0. The van der Waals surface area contributed by atoms with Gasteiger partial charge < -0.3 is 19.7 Å². The molecule has 1 saturated heterocycles. The van der Waals surface area contributed by atoms with Crippen LogP contribution in [0.4, 0.5) is 4.39 Å². The summed E-state index contributed by atoms with van der Waals surface area (Å²) in [6, 6.07) is 16.5. The van der Waals surface area contributed by atoms with Gasteiger partial charge in [0.25, 0.3) is 0 Å². The lowest BCUT2D eigenvalue weighted by Crippen LogP contribution is -2.36. The summed E-state index contributed by atoms with van der Waals surface area (Å²) in [6.45, 7) is 1.65. The van der Waals surface area contributed by atoms with Crippen LogP contribution in [0.15, 0.2) is 67.0 Å². The minimum Gasteiger partial charge on any atom is -0.352 e. The molecule has 0 radical (unpaired) electrons. The van der Waals surface area contributed by atoms with Crippen molar-refractivity contribution < 1.29 is 4.39 Å². The van der Waals surface area contributed by atoms with Gasteiger partial charge in [-0.2, -0.15) is 0 Å². The summed E-state index contributed by atoms with van der Waals surface area (Å²) >= 11 is 5.70. The fourth-order valence-corrected chi connectivity index (χ4v) is 4.10. The third-order valence-electron chi connectivity index (χ3n) is 5.16. The molecule has 1 aliphatic heterocycles. The van der Waals surface area contributed by atoms with Crippen LogP contribution in [-0.2, 0) is 0 Å². The van der Waals surface area contributed by atoms with Crippen LogP contribution in [0.5, 0.6) is 0 Å². The Kier molecular flexibility index (Phi) is 5.60. The zero-order valence-corrected chi connectivity index (χ0v) is 17.3. The number of rotatable bonds is 6. The van der Waals surface area contributed by atoms with E-state index in [1.807, 2.05) is 55.2 Å². The molecule has 3 aromatic rings. The molecule has 2 aromatic heterocycles. The molecule has 1 aromatic carbocycles. The smallest absolute Gasteiger partial charge is 0.170 e. The average Bonchev–Trinajstić information content (AvgIpc) is 3.31. The molecule has 0 spiro atoms. The van der Waals surface area contributed by atoms with E-state index in [4.69, 9.17) is 12.2 Å². The summed E-state index contributed by atoms with van der Waals surface area (Å²) in [5, 5.41) is 4.17. The fraction of sp³-hybridized carbons (Fsp3) is 0.273. The van der Waals surface area contributed by atoms with Crippen molar-refractivity contribution in [3.63, 3.8) is 0 Å². The number of nitrogens with one attached hydrogen (secondary N) is 1. The van der Waals surface area contributed by atoms with Gasteiger partial charge in [0, 0.05) is 36.9 Å². The largest absolute Gasteiger partial charge is 0.352 e. The minimum absolute atomic E-state index is 0.0596. The van der Waals surface area contributed by atoms with Crippen molar-refractivity contribution in [2.24, 2.45) is 0 Å². The maximum Gasteiger partial charge on any atom is 0.170 e. The number of halogens is 1. The standard InChI is InChI=1S/C22H24FN5S/c1-26(2)13-14-28-21(20(25-22(28)29)18-9-3-4-11-24-18)19-10-6-12-27(19)17-8-5-7-16(23)15-17/h3-12,15,20-21H,13-14H2,1-2H3,(H,25,29). The van der Waals surface area contributed by atoms with Gasteiger partial charge in [0.15, 0.2) is 5.11 Å². The number of likely N-dealkylation sites (N-methyl/N-ethyl adjacent to an activating group) is 1. The third-order valence-corrected chi connectivity index (χ3v) is 5.51. The van der Waals surface area contributed by atoms with Gasteiger partial charge in [-0.1, -0.05) is 12.1 Å². The van der Waals surface area contributed by atoms with E-state index in [1.165, 1.54) is 6.07 Å². The van der Waals surface area contributed by atoms with E-state index in [2.05, 4.69) is 26.2 Å². The summed E-state index contributed by atoms with van der Waals surface area (Å²) in [6.07, 6.45) is 3.76. The maximum absolute atomic E-state index is 13.9. The number of benzene rings is 1. The van der Waals surface area contributed by atoms with Crippen molar-refractivity contribution in [1.29, 1.82) is 0 Å². The highest BCUT2D eigenvalue weighted by Gasteiger charge is 2.41. The summed E-state index contributed by atoms with van der Waals surface area (Å²) in [4.78, 5) is 8.92. The predicted octanol–water partition coefficient (Wildman–Crippen LogP) is 3.55. The zero-order chi connectivity index (χ0) is 20.4. The SMILES string of the molecule is CN(C)CCN1C(=S)NC(c2ccccn2)C1c1cccn1-c1cccc(F)c1. The first kappa shape index (κ1) is 19.5. The molecular weight excluding hydrogens is 385 g/mol. The molecular formula is C22H24FN5S. The average molecular weight is 410 g/mol. The van der Waals surface area contributed by atoms with Crippen LogP contribution in [0.2, 0.25) is 0 Å². The van der Waals surface area contributed by atoms with E-state index >= 15 is 0 Å². The normalized spacial score (nSPS) is 19.0. The second kappa shape index (κ2) is 8.31. The lowest BCUT2D eigenvalue weighted by molar-refractivity contribution is 0.272. The van der Waals surface area contributed by atoms with Crippen LogP contribution in [-0.4, -0.2) is 51.6 Å². The highest BCUT2D eigenvalue weighted by molar-refractivity contribution is 7.80. The van der Waals surface area contributed by atoms with Crippen LogP contribution in [0.3, 0.4) is 0 Å². The lowest BCUT2D eigenvalue weighted by atomic mass is 10.0. The van der Waals surface area contributed by atoms with Crippen LogP contribution in [0.25, 0.3) is 5.69 Å². The number of nitrogens with zero attached hydrogens (tertiary/aromatic N) is 4. The molecule has 2 unspecified atom stereocenters. The Labute approximate surface area is 175 Å². The summed E-state index contributed by atoms with van der Waals surface area (Å²) in [5.74, 6) is -0.257. The molecule has 7 heteroatoms. The third kappa shape index (κ3) is 4.02. The van der Waals surface area contributed by atoms with Crippen molar-refractivity contribution in [3.8, 4) is 5.69 Å². The highest BCUT2D eigenvalue weighted by atomic mass is 32.1. The van der Waals surface area contributed by atoms with E-state index in [-0.39, 0.29) is 17.9 Å². The summed E-state index contributed by atoms with van der Waals surface area (Å²) < 4.78 is 15.9. The van der Waals surface area contributed by atoms with Crippen LogP contribution >= 0.6 is 12.2 Å². The van der Waals surface area contributed by atoms with Crippen molar-refractivity contribution in [3.05, 3.63) is 84.2 Å². The van der Waals surface area contributed by atoms with E-state index < -0.39 is 0 Å². The Morgan fingerprint density at radius 2 is 2.00 bits per heavy atom. The van der Waals surface area contributed by atoms with Crippen LogP contribution in [0, 0.1) is 5.82 Å². The first-order valence-corrected chi connectivity index (χ1v) is 10.0. The number of aromatic nitrogens is 2. The molecule has 0 aliphatic carbocycles. The van der Waals surface area contributed by atoms with E-state index in [1.54, 1.807) is 18.3 Å². The Balaban J connectivity index is 1.78. The number of thiocarbonyl (C=S) groups is 1. The lowest BCUT2D eigenvalue weighted by Gasteiger charge is -2.29. The van der Waals surface area contributed by atoms with E-state index in [9.17, 15) is 4.39 Å². The van der Waals surface area contributed by atoms with Gasteiger partial charge in [-0.3, -0.25) is 4.98 Å². The summed E-state index contributed by atoms with van der Waals surface area (Å²) in [7, 11) is 4.10. The Morgan fingerprint density at radius 3 is 2.72 bits per heavy atom. The van der Waals surface area contributed by atoms with Gasteiger partial charge in [0.05, 0.1) is 17.8 Å². The summed E-state index contributed by atoms with van der Waals surface area (Å²) in [5.41, 5.74) is 2.76. The Morgan fingerprint density at radius 1 is 1.14 bits per heavy atom. The molecule has 3 heterocycles. The molecule has 1 aliphatic rings. The Hall–Kier alpha value is -2.77. The first-order valence-electron chi connectivity index (χ1n) is 9.60. The maximum atomic E-state index is 13.9. The molecule has 1 N–H and O–H groups in total. The van der Waals surface area contributed by atoms with Crippen molar-refractivity contribution >= 4 is 17.3 Å². The molecule has 0 saturated carbocycles. The van der Waals surface area contributed by atoms with Gasteiger partial charge in [-0.15, -0.1) is 0 Å². The zero-order valence-electron chi connectivity index (χ0n) is 16.5. The molecule has 4 rings (SSSR count). The number of hydrogen-bond donors (Lipinski definition) is 1. The van der Waals surface area contributed by atoms with Gasteiger partial charge in [-0.25, -0.2) is 4.39 Å². The second-order valence-corrected chi connectivity index (χ2v) is 7.79. The van der Waals surface area contributed by atoms with Crippen molar-refractivity contribution in [2.45, 2.75) is 12.1 Å². The Bertz CT molecular complexity index is 988. The molecule has 1 fully saturated rings. The van der Waals surface area contributed by atoms with E-state index in [0.29, 0.717) is 5.11 Å². The monoisotopic (exact) mass is 409 g/mol. The number of pyridine rings is 1. The van der Waals surface area contributed by atoms with Crippen molar-refractivity contribution in [2.75, 3.05) is 27.2 Å². The van der Waals surface area contributed by atoms with Crippen LogP contribution in [0.1, 0.15) is 23.5 Å². The van der Waals surface area contributed by atoms with Crippen molar-refractivity contribution in [1.82, 2.24) is 24.7 Å². The molecule has 29 heavy (non-hydrogen) atoms. The fourth-order valence-electron chi connectivity index (χ4n) is 3.77. The van der Waals surface area contributed by atoms with Gasteiger partial charge in [-0.05, 0) is 68.8 Å². The quantitative estimate of drug-likeness (QED) is 0.630. The molecule has 2 atom stereocenters. The van der Waals surface area contributed by atoms with Gasteiger partial charge in [0.1, 0.15) is 5.82 Å². The van der Waals surface area contributed by atoms with Gasteiger partial charge >= 0.3 is 0 Å². The minimum atomic E-state index is -0.257. The molecule has 0 amide bonds. The predicted molar refractivity (Wildman–Crippen MR) is 116 cm³/mol. The van der Waals surface area contributed by atoms with E-state index in [0.717, 1.165) is 30.2 Å². The molecule has 5 nitrogen and oxygen atoms in total. The molecule has 150 valence electrons. The molecule has 0 bridgehead atoms. The topological polar surface area (TPSA) is 36.3 Å². The van der Waals surface area contributed by atoms with Gasteiger partial charge in [0.2, 0.25) is 0 Å². The van der Waals surface area contributed by atoms with Crippen LogP contribution < -0.4 is 5.32 Å². The highest BCUT2D eigenvalue weighted by Crippen LogP contribution is 2.39. The second-order valence-electron chi connectivity index (χ2n) is 7.41. The number of hydrogen-bond acceptors (Lipinski definition) is 3.